The number of fused-ring (bicyclic) bond motifs is 11. The minimum atomic E-state index is 0.852. The molecule has 0 spiro atoms. The van der Waals surface area contributed by atoms with E-state index in [4.69, 9.17) is 8.83 Å². The zero-order valence-corrected chi connectivity index (χ0v) is 26.9. The molecule has 0 radical (unpaired) electrons. The zero-order chi connectivity index (χ0) is 32.8. The van der Waals surface area contributed by atoms with Crippen molar-refractivity contribution in [3.05, 3.63) is 170 Å². The van der Waals surface area contributed by atoms with E-state index in [1.807, 2.05) is 12.1 Å². The van der Waals surface area contributed by atoms with Crippen LogP contribution in [0.2, 0.25) is 0 Å². The van der Waals surface area contributed by atoms with Crippen LogP contribution in [0.3, 0.4) is 0 Å². The topological polar surface area (TPSA) is 34.5 Å². The van der Waals surface area contributed by atoms with Crippen LogP contribution in [-0.2, 0) is 0 Å². The van der Waals surface area contributed by atoms with Crippen LogP contribution in [0.5, 0.6) is 0 Å². The molecule has 0 bridgehead atoms. The average Bonchev–Trinajstić information content (AvgIpc) is 3.86. The fraction of sp³-hybridized carbons (Fsp3) is 0. The summed E-state index contributed by atoms with van der Waals surface area (Å²) in [5.74, 6) is 0. The van der Waals surface area contributed by atoms with Crippen molar-refractivity contribution in [2.75, 3.05) is 4.90 Å². The van der Waals surface area contributed by atoms with Crippen LogP contribution < -0.4 is 4.90 Å². The van der Waals surface area contributed by atoms with Crippen LogP contribution in [0.15, 0.2) is 179 Å². The van der Waals surface area contributed by atoms with Gasteiger partial charge in [0.25, 0.3) is 0 Å². The van der Waals surface area contributed by atoms with E-state index in [1.165, 1.54) is 21.8 Å². The maximum Gasteiger partial charge on any atom is 0.143 e. The van der Waals surface area contributed by atoms with Crippen molar-refractivity contribution in [3.8, 4) is 5.69 Å². The lowest BCUT2D eigenvalue weighted by atomic mass is 10.0. The number of nitrogens with zero attached hydrogens (tertiary/aromatic N) is 2. The van der Waals surface area contributed by atoms with Gasteiger partial charge < -0.3 is 18.3 Å². The Bertz CT molecular complexity index is 3050. The van der Waals surface area contributed by atoms with Crippen molar-refractivity contribution < 1.29 is 8.83 Å². The number of benzene rings is 8. The summed E-state index contributed by atoms with van der Waals surface area (Å²) in [6, 6.07) is 60.0. The second kappa shape index (κ2) is 10.4. The average molecular weight is 641 g/mol. The number of hydrogen-bond donors (Lipinski definition) is 0. The highest BCUT2D eigenvalue weighted by Gasteiger charge is 2.24. The van der Waals surface area contributed by atoms with Gasteiger partial charge in [0, 0.05) is 38.3 Å². The van der Waals surface area contributed by atoms with E-state index in [1.54, 1.807) is 0 Å². The molecule has 11 aromatic rings. The molecule has 4 heteroatoms. The van der Waals surface area contributed by atoms with Crippen LogP contribution in [0, 0.1) is 0 Å². The minimum absolute atomic E-state index is 0.852. The molecule has 0 fully saturated rings. The molecular formula is C46H28N2O2. The van der Waals surface area contributed by atoms with Gasteiger partial charge in [-0.05, 0) is 78.2 Å². The maximum atomic E-state index is 6.67. The Morgan fingerprint density at radius 2 is 0.940 bits per heavy atom. The van der Waals surface area contributed by atoms with Crippen LogP contribution >= 0.6 is 0 Å². The predicted octanol–water partition coefficient (Wildman–Crippen LogP) is 13.2. The van der Waals surface area contributed by atoms with E-state index < -0.39 is 0 Å². The molecule has 234 valence electrons. The fourth-order valence-electron chi connectivity index (χ4n) is 8.02. The van der Waals surface area contributed by atoms with Gasteiger partial charge in [0.15, 0.2) is 0 Å². The van der Waals surface area contributed by atoms with E-state index in [0.717, 1.165) is 77.4 Å². The normalized spacial score (nSPS) is 12.0. The number of furan rings is 2. The highest BCUT2D eigenvalue weighted by atomic mass is 16.3. The van der Waals surface area contributed by atoms with E-state index in [0.29, 0.717) is 0 Å². The van der Waals surface area contributed by atoms with Crippen molar-refractivity contribution in [2.45, 2.75) is 0 Å². The van der Waals surface area contributed by atoms with Crippen LogP contribution in [0.4, 0.5) is 17.1 Å². The Morgan fingerprint density at radius 3 is 1.66 bits per heavy atom. The largest absolute Gasteiger partial charge is 0.456 e. The summed E-state index contributed by atoms with van der Waals surface area (Å²) in [6.07, 6.45) is 0. The van der Waals surface area contributed by atoms with E-state index in [9.17, 15) is 0 Å². The van der Waals surface area contributed by atoms with Crippen molar-refractivity contribution in [3.63, 3.8) is 0 Å². The Labute approximate surface area is 286 Å². The first kappa shape index (κ1) is 27.2. The number of para-hydroxylation sites is 3. The quantitative estimate of drug-likeness (QED) is 0.192. The van der Waals surface area contributed by atoms with Crippen molar-refractivity contribution in [2.24, 2.45) is 0 Å². The molecule has 3 aromatic heterocycles. The molecule has 0 aliphatic carbocycles. The smallest absolute Gasteiger partial charge is 0.143 e. The van der Waals surface area contributed by atoms with E-state index in [-0.39, 0.29) is 0 Å². The summed E-state index contributed by atoms with van der Waals surface area (Å²) in [5, 5.41) is 9.08. The molecule has 0 saturated heterocycles. The van der Waals surface area contributed by atoms with Crippen molar-refractivity contribution in [1.82, 2.24) is 4.57 Å². The van der Waals surface area contributed by atoms with Gasteiger partial charge >= 0.3 is 0 Å². The molecule has 3 heterocycles. The predicted molar refractivity (Wildman–Crippen MR) is 208 cm³/mol. The van der Waals surface area contributed by atoms with Gasteiger partial charge in [0.1, 0.15) is 22.3 Å². The lowest BCUT2D eigenvalue weighted by Crippen LogP contribution is -2.11. The lowest BCUT2D eigenvalue weighted by molar-refractivity contribution is 0.669. The SMILES string of the molecule is c1ccc2c(c1)ccc1c2oc2cccc(N(c3ccc(-n4c5ccccc5c5ccccc54)cc3)c3cccc4oc5ccccc5c34)c21. The molecule has 50 heavy (non-hydrogen) atoms. The molecule has 0 amide bonds. The van der Waals surface area contributed by atoms with E-state index in [2.05, 4.69) is 167 Å². The molecule has 11 rings (SSSR count). The summed E-state index contributed by atoms with van der Waals surface area (Å²) >= 11 is 0. The van der Waals surface area contributed by atoms with Gasteiger partial charge in [0.2, 0.25) is 0 Å². The Hall–Kier alpha value is -6.78. The third-order valence-electron chi connectivity index (χ3n) is 10.2. The monoisotopic (exact) mass is 640 g/mol. The van der Waals surface area contributed by atoms with Gasteiger partial charge in [-0.15, -0.1) is 0 Å². The first-order chi connectivity index (χ1) is 24.8. The number of hydrogen-bond acceptors (Lipinski definition) is 3. The molecule has 0 atom stereocenters. The van der Waals surface area contributed by atoms with Crippen molar-refractivity contribution >= 4 is 93.5 Å². The molecule has 0 unspecified atom stereocenters. The highest BCUT2D eigenvalue weighted by Crippen LogP contribution is 2.47. The summed E-state index contributed by atoms with van der Waals surface area (Å²) in [4.78, 5) is 2.37. The second-order valence-corrected chi connectivity index (χ2v) is 12.9. The third kappa shape index (κ3) is 3.81. The third-order valence-corrected chi connectivity index (χ3v) is 10.2. The van der Waals surface area contributed by atoms with Gasteiger partial charge in [-0.3, -0.25) is 0 Å². The van der Waals surface area contributed by atoms with Crippen molar-refractivity contribution in [1.29, 1.82) is 0 Å². The van der Waals surface area contributed by atoms with Crippen LogP contribution in [0.25, 0.3) is 82.1 Å². The van der Waals surface area contributed by atoms with Gasteiger partial charge in [0.05, 0.1) is 33.2 Å². The number of anilines is 3. The molecule has 0 N–H and O–H groups in total. The number of aromatic nitrogens is 1. The summed E-state index contributed by atoms with van der Waals surface area (Å²) in [7, 11) is 0. The molecule has 0 aliphatic rings. The summed E-state index contributed by atoms with van der Waals surface area (Å²) in [5.41, 5.74) is 10.1. The number of rotatable bonds is 4. The summed E-state index contributed by atoms with van der Waals surface area (Å²) in [6.45, 7) is 0. The lowest BCUT2D eigenvalue weighted by Gasteiger charge is -2.27. The molecular weight excluding hydrogens is 613 g/mol. The van der Waals surface area contributed by atoms with Gasteiger partial charge in [-0.25, -0.2) is 0 Å². The minimum Gasteiger partial charge on any atom is -0.456 e. The Morgan fingerprint density at radius 1 is 0.380 bits per heavy atom. The first-order valence-electron chi connectivity index (χ1n) is 16.9. The zero-order valence-electron chi connectivity index (χ0n) is 26.9. The van der Waals surface area contributed by atoms with E-state index >= 15 is 0 Å². The molecule has 4 nitrogen and oxygen atoms in total. The van der Waals surface area contributed by atoms with Gasteiger partial charge in [-0.1, -0.05) is 97.1 Å². The second-order valence-electron chi connectivity index (χ2n) is 12.9. The molecule has 0 saturated carbocycles. The highest BCUT2D eigenvalue weighted by molar-refractivity contribution is 6.21. The maximum absolute atomic E-state index is 6.67. The standard InChI is InChI=1S/C46H28N2O2/c1-2-12-32-29(11-1)23-28-36-45-40(19-10-22-43(45)50-46(32)36)48(39-18-9-21-42-44(39)35-15-5-8-20-41(35)49-42)31-26-24-30(25-27-31)47-37-16-6-3-13-33(37)34-14-4-7-17-38(34)47/h1-28H. The molecule has 8 aromatic carbocycles. The molecule has 0 aliphatic heterocycles. The van der Waals surface area contributed by atoms with Crippen LogP contribution in [0.1, 0.15) is 0 Å². The summed E-state index contributed by atoms with van der Waals surface area (Å²) < 4.78 is 15.4. The van der Waals surface area contributed by atoms with Crippen LogP contribution in [-0.4, -0.2) is 4.57 Å². The Balaban J connectivity index is 1.19. The van der Waals surface area contributed by atoms with Gasteiger partial charge in [-0.2, -0.15) is 0 Å². The fourth-order valence-corrected chi connectivity index (χ4v) is 8.02. The Kier molecular flexibility index (Phi) is 5.63. The first-order valence-corrected chi connectivity index (χ1v) is 16.9.